The van der Waals surface area contributed by atoms with Crippen LogP contribution in [0.3, 0.4) is 0 Å². The van der Waals surface area contributed by atoms with Gasteiger partial charge in [0.2, 0.25) is 0 Å². The quantitative estimate of drug-likeness (QED) is 0.768. The summed E-state index contributed by atoms with van der Waals surface area (Å²) in [5.74, 6) is 0.917. The average Bonchev–Trinajstić information content (AvgIpc) is 2.20. The maximum Gasteiger partial charge on any atom is 0.0233 e. The topological polar surface area (TPSA) is 3.24 Å². The fraction of sp³-hybridized carbons (Fsp3) is 0.538. The lowest BCUT2D eigenvalue weighted by atomic mass is 9.99. The van der Waals surface area contributed by atoms with Crippen LogP contribution < -0.4 is 0 Å². The van der Waals surface area contributed by atoms with Gasteiger partial charge in [0.1, 0.15) is 0 Å². The summed E-state index contributed by atoms with van der Waals surface area (Å²) in [7, 11) is 2.14. The molecular weight excluding hydrogens is 202 g/mol. The highest BCUT2D eigenvalue weighted by Crippen LogP contribution is 2.18. The van der Waals surface area contributed by atoms with E-state index in [0.29, 0.717) is 0 Å². The van der Waals surface area contributed by atoms with Crippen LogP contribution in [0.25, 0.3) is 0 Å². The first-order valence-corrected chi connectivity index (χ1v) is 6.04. The van der Waals surface area contributed by atoms with Crippen LogP contribution in [0.5, 0.6) is 0 Å². The van der Waals surface area contributed by atoms with Gasteiger partial charge in [-0.05, 0) is 50.1 Å². The first-order chi connectivity index (χ1) is 7.06. The van der Waals surface area contributed by atoms with Gasteiger partial charge in [0.25, 0.3) is 0 Å². The second-order valence-electron chi connectivity index (χ2n) is 4.25. The molecule has 0 aliphatic heterocycles. The number of nitrogens with zero attached hydrogens (tertiary/aromatic N) is 1. The third-order valence-electron chi connectivity index (χ3n) is 3.09. The van der Waals surface area contributed by atoms with Gasteiger partial charge in [-0.3, -0.25) is 0 Å². The number of hydrogen-bond donors (Lipinski definition) is 1. The van der Waals surface area contributed by atoms with Crippen molar-refractivity contribution in [1.82, 2.24) is 4.90 Å². The predicted octanol–water partition coefficient (Wildman–Crippen LogP) is 2.97. The molecule has 0 aliphatic rings. The van der Waals surface area contributed by atoms with Gasteiger partial charge < -0.3 is 4.90 Å². The van der Waals surface area contributed by atoms with Crippen molar-refractivity contribution in [2.75, 3.05) is 19.3 Å². The predicted molar refractivity (Wildman–Crippen MR) is 70.8 cm³/mol. The first kappa shape index (κ1) is 12.6. The van der Waals surface area contributed by atoms with Gasteiger partial charge in [0, 0.05) is 18.8 Å². The standard InChI is InChI=1S/C13H21NS/c1-10-5-6-13(12(3)11(10)2)9-14(4)7-8-15/h5-6,15H,7-9H2,1-4H3. The van der Waals surface area contributed by atoms with Gasteiger partial charge in [-0.1, -0.05) is 12.1 Å². The Labute approximate surface area is 98.9 Å². The second-order valence-corrected chi connectivity index (χ2v) is 4.70. The molecular formula is C13H21NS. The Morgan fingerprint density at radius 3 is 2.40 bits per heavy atom. The molecule has 0 N–H and O–H groups in total. The number of benzene rings is 1. The Kier molecular flexibility index (Phi) is 4.68. The molecule has 0 atom stereocenters. The molecule has 0 radical (unpaired) electrons. The minimum absolute atomic E-state index is 0.917. The Balaban J connectivity index is 2.82. The zero-order valence-corrected chi connectivity index (χ0v) is 11.1. The van der Waals surface area contributed by atoms with Gasteiger partial charge in [-0.2, -0.15) is 12.6 Å². The largest absolute Gasteiger partial charge is 0.301 e. The van der Waals surface area contributed by atoms with Gasteiger partial charge in [0.05, 0.1) is 0 Å². The molecule has 0 bridgehead atoms. The number of aryl methyl sites for hydroxylation is 1. The Hall–Kier alpha value is -0.470. The fourth-order valence-corrected chi connectivity index (χ4v) is 2.07. The van der Waals surface area contributed by atoms with Crippen LogP contribution in [-0.4, -0.2) is 24.2 Å². The smallest absolute Gasteiger partial charge is 0.0233 e. The monoisotopic (exact) mass is 223 g/mol. The number of rotatable bonds is 4. The lowest BCUT2D eigenvalue weighted by Gasteiger charge is -2.18. The van der Waals surface area contributed by atoms with Gasteiger partial charge in [-0.15, -0.1) is 0 Å². The summed E-state index contributed by atoms with van der Waals surface area (Å²) in [5.41, 5.74) is 5.67. The third kappa shape index (κ3) is 3.25. The molecule has 0 unspecified atom stereocenters. The molecule has 0 saturated carbocycles. The van der Waals surface area contributed by atoms with Crippen molar-refractivity contribution in [3.63, 3.8) is 0 Å². The molecule has 0 fully saturated rings. The molecule has 1 aromatic carbocycles. The SMILES string of the molecule is Cc1ccc(CN(C)CCS)c(C)c1C. The zero-order valence-electron chi connectivity index (χ0n) is 10.2. The van der Waals surface area contributed by atoms with E-state index in [0.717, 1.165) is 18.8 Å². The van der Waals surface area contributed by atoms with E-state index in [-0.39, 0.29) is 0 Å². The van der Waals surface area contributed by atoms with Crippen LogP contribution in [0.1, 0.15) is 22.3 Å². The molecule has 2 heteroatoms. The van der Waals surface area contributed by atoms with Crippen LogP contribution in [-0.2, 0) is 6.54 Å². The summed E-state index contributed by atoms with van der Waals surface area (Å²) >= 11 is 4.25. The van der Waals surface area contributed by atoms with Crippen molar-refractivity contribution in [2.45, 2.75) is 27.3 Å². The summed E-state index contributed by atoms with van der Waals surface area (Å²) in [4.78, 5) is 2.31. The van der Waals surface area contributed by atoms with Gasteiger partial charge in [0.15, 0.2) is 0 Å². The van der Waals surface area contributed by atoms with E-state index in [2.05, 4.69) is 57.5 Å². The van der Waals surface area contributed by atoms with E-state index >= 15 is 0 Å². The van der Waals surface area contributed by atoms with Crippen LogP contribution in [0.15, 0.2) is 12.1 Å². The van der Waals surface area contributed by atoms with Crippen molar-refractivity contribution in [3.8, 4) is 0 Å². The zero-order chi connectivity index (χ0) is 11.4. The molecule has 0 saturated heterocycles. The number of hydrogen-bond acceptors (Lipinski definition) is 2. The summed E-state index contributed by atoms with van der Waals surface area (Å²) in [6.07, 6.45) is 0. The van der Waals surface area contributed by atoms with Crippen LogP contribution >= 0.6 is 12.6 Å². The van der Waals surface area contributed by atoms with Crippen molar-refractivity contribution in [1.29, 1.82) is 0 Å². The van der Waals surface area contributed by atoms with E-state index < -0.39 is 0 Å². The van der Waals surface area contributed by atoms with Crippen molar-refractivity contribution < 1.29 is 0 Å². The van der Waals surface area contributed by atoms with Crippen LogP contribution in [0.2, 0.25) is 0 Å². The molecule has 0 aromatic heterocycles. The molecule has 0 amide bonds. The highest BCUT2D eigenvalue weighted by Gasteiger charge is 2.05. The molecule has 1 nitrogen and oxygen atoms in total. The lowest BCUT2D eigenvalue weighted by molar-refractivity contribution is 0.348. The molecule has 84 valence electrons. The van der Waals surface area contributed by atoms with Gasteiger partial charge >= 0.3 is 0 Å². The van der Waals surface area contributed by atoms with E-state index in [4.69, 9.17) is 0 Å². The summed E-state index contributed by atoms with van der Waals surface area (Å²) in [6.45, 7) is 8.64. The second kappa shape index (κ2) is 5.57. The fourth-order valence-electron chi connectivity index (χ4n) is 1.72. The van der Waals surface area contributed by atoms with E-state index in [1.165, 1.54) is 22.3 Å². The van der Waals surface area contributed by atoms with Crippen LogP contribution in [0, 0.1) is 20.8 Å². The maximum absolute atomic E-state index is 4.25. The number of thiol groups is 1. The molecule has 15 heavy (non-hydrogen) atoms. The summed E-state index contributed by atoms with van der Waals surface area (Å²) in [6, 6.07) is 4.46. The van der Waals surface area contributed by atoms with Crippen molar-refractivity contribution in [3.05, 3.63) is 34.4 Å². The minimum Gasteiger partial charge on any atom is -0.301 e. The van der Waals surface area contributed by atoms with Crippen LogP contribution in [0.4, 0.5) is 0 Å². The summed E-state index contributed by atoms with van der Waals surface area (Å²) in [5, 5.41) is 0. The normalized spacial score (nSPS) is 11.1. The average molecular weight is 223 g/mol. The molecule has 0 aliphatic carbocycles. The van der Waals surface area contributed by atoms with Crippen molar-refractivity contribution >= 4 is 12.6 Å². The van der Waals surface area contributed by atoms with E-state index in [9.17, 15) is 0 Å². The Morgan fingerprint density at radius 1 is 1.13 bits per heavy atom. The Morgan fingerprint density at radius 2 is 1.80 bits per heavy atom. The highest BCUT2D eigenvalue weighted by molar-refractivity contribution is 7.80. The third-order valence-corrected chi connectivity index (χ3v) is 3.29. The van der Waals surface area contributed by atoms with Crippen molar-refractivity contribution in [2.24, 2.45) is 0 Å². The maximum atomic E-state index is 4.25. The minimum atomic E-state index is 0.917. The van der Waals surface area contributed by atoms with E-state index in [1.807, 2.05) is 0 Å². The molecule has 0 spiro atoms. The lowest BCUT2D eigenvalue weighted by Crippen LogP contribution is -2.20. The summed E-state index contributed by atoms with van der Waals surface area (Å²) < 4.78 is 0. The molecule has 0 heterocycles. The van der Waals surface area contributed by atoms with Gasteiger partial charge in [-0.25, -0.2) is 0 Å². The van der Waals surface area contributed by atoms with E-state index in [1.54, 1.807) is 0 Å². The first-order valence-electron chi connectivity index (χ1n) is 5.41. The molecule has 1 aromatic rings. The Bertz CT molecular complexity index is 334. The molecule has 1 rings (SSSR count). The highest BCUT2D eigenvalue weighted by atomic mass is 32.1.